The number of nitrogens with one attached hydrogen (secondary N) is 1. The van der Waals surface area contributed by atoms with Crippen LogP contribution < -0.4 is 20.5 Å². The maximum atomic E-state index is 12.6. The fourth-order valence-electron chi connectivity index (χ4n) is 2.76. The van der Waals surface area contributed by atoms with Crippen molar-refractivity contribution in [3.8, 4) is 11.5 Å². The van der Waals surface area contributed by atoms with E-state index in [4.69, 9.17) is 15.2 Å². The van der Waals surface area contributed by atoms with Gasteiger partial charge >= 0.3 is 0 Å². The molecule has 0 fully saturated rings. The number of methoxy groups -OCH3 is 1. The Morgan fingerprint density at radius 3 is 2.68 bits per heavy atom. The van der Waals surface area contributed by atoms with Crippen LogP contribution in [0.5, 0.6) is 11.5 Å². The molecule has 6 nitrogen and oxygen atoms in total. The summed E-state index contributed by atoms with van der Waals surface area (Å²) in [6.45, 7) is 0.929. The van der Waals surface area contributed by atoms with Crippen LogP contribution in [0, 0.1) is 0 Å². The summed E-state index contributed by atoms with van der Waals surface area (Å²) in [7, 11) is 1.60. The third-order valence-electron chi connectivity index (χ3n) is 4.16. The summed E-state index contributed by atoms with van der Waals surface area (Å²) in [5.41, 5.74) is 7.45. The summed E-state index contributed by atoms with van der Waals surface area (Å²) in [5.74, 6) is 0.856. The van der Waals surface area contributed by atoms with E-state index in [-0.39, 0.29) is 12.2 Å². The Morgan fingerprint density at radius 2 is 2.00 bits per heavy atom. The van der Waals surface area contributed by atoms with Gasteiger partial charge in [0.25, 0.3) is 0 Å². The van der Waals surface area contributed by atoms with Crippen LogP contribution in [0.4, 0.5) is 0 Å². The van der Waals surface area contributed by atoms with Crippen LogP contribution in [0.3, 0.4) is 0 Å². The molecule has 1 aliphatic rings. The number of carbonyl (C=O) groups is 2. The lowest BCUT2D eigenvalue weighted by atomic mass is 10.1. The summed E-state index contributed by atoms with van der Waals surface area (Å²) >= 11 is 0. The molecule has 0 saturated heterocycles. The average molecular weight is 340 g/mol. The first-order valence-corrected chi connectivity index (χ1v) is 8.02. The van der Waals surface area contributed by atoms with Crippen molar-refractivity contribution < 1.29 is 19.1 Å². The fraction of sp³-hybridized carbons (Fsp3) is 0.263. The molecule has 0 saturated carbocycles. The predicted octanol–water partition coefficient (Wildman–Crippen LogP) is 1.46. The van der Waals surface area contributed by atoms with Gasteiger partial charge in [0.15, 0.2) is 11.9 Å². The molecule has 0 radical (unpaired) electrons. The fourth-order valence-corrected chi connectivity index (χ4v) is 2.76. The van der Waals surface area contributed by atoms with Gasteiger partial charge in [-0.05, 0) is 35.9 Å². The van der Waals surface area contributed by atoms with Gasteiger partial charge in [0.1, 0.15) is 11.5 Å². The molecule has 1 unspecified atom stereocenters. The zero-order valence-corrected chi connectivity index (χ0v) is 14.0. The molecule has 2 aromatic carbocycles. The second-order valence-corrected chi connectivity index (χ2v) is 5.92. The molecule has 1 amide bonds. The summed E-state index contributed by atoms with van der Waals surface area (Å²) in [6.07, 6.45) is -0.298. The lowest BCUT2D eigenvalue weighted by Gasteiger charge is -2.16. The number of ether oxygens (including phenoxy) is 2. The molecule has 1 heterocycles. The second kappa shape index (κ2) is 7.36. The number of nitrogens with two attached hydrogens (primary N) is 1. The van der Waals surface area contributed by atoms with Crippen LogP contribution in [-0.2, 0) is 17.8 Å². The Balaban J connectivity index is 1.72. The number of benzene rings is 2. The van der Waals surface area contributed by atoms with Gasteiger partial charge in [-0.25, -0.2) is 0 Å². The number of hydrogen-bond acceptors (Lipinski definition) is 5. The topological polar surface area (TPSA) is 90.6 Å². The van der Waals surface area contributed by atoms with E-state index in [1.165, 1.54) is 0 Å². The Morgan fingerprint density at radius 1 is 1.24 bits per heavy atom. The summed E-state index contributed by atoms with van der Waals surface area (Å²) in [4.78, 5) is 23.9. The van der Waals surface area contributed by atoms with Gasteiger partial charge in [0, 0.05) is 30.6 Å². The molecule has 3 N–H and O–H groups in total. The number of hydrogen-bond donors (Lipinski definition) is 2. The molecular weight excluding hydrogens is 320 g/mol. The molecular formula is C19H20N2O4. The van der Waals surface area contributed by atoms with Crippen molar-refractivity contribution in [1.82, 2.24) is 5.32 Å². The van der Waals surface area contributed by atoms with Crippen molar-refractivity contribution in [1.29, 1.82) is 0 Å². The Labute approximate surface area is 145 Å². The van der Waals surface area contributed by atoms with Crippen molar-refractivity contribution >= 4 is 11.7 Å². The first kappa shape index (κ1) is 17.0. The van der Waals surface area contributed by atoms with Gasteiger partial charge < -0.3 is 20.5 Å². The number of ketones is 1. The number of carbonyl (C=O) groups excluding carboxylic acids is 2. The Bertz CT molecular complexity index is 787. The lowest BCUT2D eigenvalue weighted by molar-refractivity contribution is -0.124. The van der Waals surface area contributed by atoms with Gasteiger partial charge in [-0.3, -0.25) is 9.59 Å². The summed E-state index contributed by atoms with van der Waals surface area (Å²) < 4.78 is 11.0. The molecule has 0 aromatic heterocycles. The van der Waals surface area contributed by atoms with E-state index in [1.54, 1.807) is 25.3 Å². The highest BCUT2D eigenvalue weighted by molar-refractivity contribution is 5.93. The maximum Gasteiger partial charge on any atom is 0.248 e. The smallest absolute Gasteiger partial charge is 0.248 e. The van der Waals surface area contributed by atoms with E-state index >= 15 is 0 Å². The number of Topliss-reactive ketones (excluding diaryl/α,β-unsaturated/α-hetero) is 1. The number of fused-ring (bicyclic) bond motifs is 1. The molecule has 0 bridgehead atoms. The quantitative estimate of drug-likeness (QED) is 0.860. The zero-order valence-electron chi connectivity index (χ0n) is 14.0. The maximum absolute atomic E-state index is 12.6. The minimum atomic E-state index is -0.581. The minimum Gasteiger partial charge on any atom is -0.497 e. The second-order valence-electron chi connectivity index (χ2n) is 5.92. The molecule has 130 valence electrons. The van der Waals surface area contributed by atoms with E-state index < -0.39 is 12.0 Å². The third kappa shape index (κ3) is 3.97. The van der Waals surface area contributed by atoms with Crippen molar-refractivity contribution in [3.05, 3.63) is 59.2 Å². The number of amides is 1. The molecule has 2 aromatic rings. The largest absolute Gasteiger partial charge is 0.497 e. The predicted molar refractivity (Wildman–Crippen MR) is 92.8 cm³/mol. The molecule has 1 aliphatic heterocycles. The van der Waals surface area contributed by atoms with Crippen LogP contribution in [0.1, 0.15) is 21.5 Å². The van der Waals surface area contributed by atoms with Crippen LogP contribution in [-0.4, -0.2) is 31.4 Å². The lowest BCUT2D eigenvalue weighted by Crippen LogP contribution is -2.36. The van der Waals surface area contributed by atoms with Crippen molar-refractivity contribution in [2.75, 3.05) is 13.7 Å². The molecule has 0 spiro atoms. The Kier molecular flexibility index (Phi) is 5.00. The monoisotopic (exact) mass is 340 g/mol. The van der Waals surface area contributed by atoms with E-state index in [1.807, 2.05) is 24.3 Å². The molecule has 3 rings (SSSR count). The van der Waals surface area contributed by atoms with E-state index in [0.29, 0.717) is 24.4 Å². The molecule has 25 heavy (non-hydrogen) atoms. The normalized spacial score (nSPS) is 16.3. The van der Waals surface area contributed by atoms with Gasteiger partial charge in [0.05, 0.1) is 7.11 Å². The van der Waals surface area contributed by atoms with Gasteiger partial charge in [-0.2, -0.15) is 0 Å². The highest BCUT2D eigenvalue weighted by Gasteiger charge is 2.24. The minimum absolute atomic E-state index is 0.00973. The van der Waals surface area contributed by atoms with E-state index in [2.05, 4.69) is 5.32 Å². The van der Waals surface area contributed by atoms with Crippen LogP contribution in [0.15, 0.2) is 42.5 Å². The number of primary amides is 1. The van der Waals surface area contributed by atoms with Crippen LogP contribution in [0.2, 0.25) is 0 Å². The third-order valence-corrected chi connectivity index (χ3v) is 4.16. The summed E-state index contributed by atoms with van der Waals surface area (Å²) in [5, 5.41) is 3.19. The molecule has 6 heteroatoms. The highest BCUT2D eigenvalue weighted by Crippen LogP contribution is 2.24. The van der Waals surface area contributed by atoms with Crippen molar-refractivity contribution in [2.24, 2.45) is 5.73 Å². The van der Waals surface area contributed by atoms with Gasteiger partial charge in [0.2, 0.25) is 5.91 Å². The Hall–Kier alpha value is -2.86. The molecule has 1 atom stereocenters. The van der Waals surface area contributed by atoms with E-state index in [0.717, 1.165) is 16.9 Å². The average Bonchev–Trinajstić information content (AvgIpc) is 2.84. The zero-order chi connectivity index (χ0) is 17.8. The van der Waals surface area contributed by atoms with Crippen molar-refractivity contribution in [2.45, 2.75) is 19.1 Å². The summed E-state index contributed by atoms with van der Waals surface area (Å²) in [6, 6.07) is 12.4. The van der Waals surface area contributed by atoms with Gasteiger partial charge in [-0.1, -0.05) is 12.1 Å². The first-order valence-electron chi connectivity index (χ1n) is 8.02. The van der Waals surface area contributed by atoms with Crippen molar-refractivity contribution in [3.63, 3.8) is 0 Å². The van der Waals surface area contributed by atoms with Crippen LogP contribution >= 0.6 is 0 Å². The first-order chi connectivity index (χ1) is 12.1. The van der Waals surface area contributed by atoms with Gasteiger partial charge in [-0.15, -0.1) is 0 Å². The molecule has 0 aliphatic carbocycles. The SMILES string of the molecule is COc1ccc(CC(=O)C2CNCc3cc(C(N)=O)ccc3O2)cc1. The highest BCUT2D eigenvalue weighted by atomic mass is 16.5. The van der Waals surface area contributed by atoms with E-state index in [9.17, 15) is 9.59 Å². The van der Waals surface area contributed by atoms with Crippen LogP contribution in [0.25, 0.3) is 0 Å². The number of rotatable bonds is 5. The standard InChI is InChI=1S/C19H20N2O4/c1-24-15-5-2-12(3-6-15)8-16(22)18-11-21-10-14-9-13(19(20)23)4-7-17(14)25-18/h2-7,9,18,21H,8,10-11H2,1H3,(H2,20,23).